The molecular weight excluding hydrogens is 344 g/mol. The lowest BCUT2D eigenvalue weighted by Gasteiger charge is -2.20. The van der Waals surface area contributed by atoms with E-state index in [-0.39, 0.29) is 5.91 Å². The van der Waals surface area contributed by atoms with Crippen LogP contribution in [0.5, 0.6) is 0 Å². The fraction of sp³-hybridized carbons (Fsp3) is 0.429. The van der Waals surface area contributed by atoms with Crippen molar-refractivity contribution >= 4 is 27.5 Å². The molecule has 2 saturated carbocycles. The molecule has 5 heteroatoms. The molecule has 5 rings (SSSR count). The molecule has 2 heterocycles. The van der Waals surface area contributed by atoms with E-state index in [2.05, 4.69) is 16.4 Å². The van der Waals surface area contributed by atoms with Crippen LogP contribution < -0.4 is 5.32 Å². The molecule has 1 amide bonds. The zero-order chi connectivity index (χ0) is 17.5. The Morgan fingerprint density at radius 2 is 2.12 bits per heavy atom. The third kappa shape index (κ3) is 3.05. The number of rotatable bonds is 5. The van der Waals surface area contributed by atoms with Gasteiger partial charge in [0.05, 0.1) is 16.8 Å². The van der Waals surface area contributed by atoms with Crippen LogP contribution in [0.3, 0.4) is 0 Å². The first-order chi connectivity index (χ1) is 12.7. The van der Waals surface area contributed by atoms with E-state index >= 15 is 0 Å². The van der Waals surface area contributed by atoms with Crippen molar-refractivity contribution in [1.29, 1.82) is 0 Å². The molecule has 2 aromatic heterocycles. The van der Waals surface area contributed by atoms with Crippen LogP contribution in [0.25, 0.3) is 21.0 Å². The van der Waals surface area contributed by atoms with Crippen LogP contribution >= 0.6 is 11.3 Å². The van der Waals surface area contributed by atoms with E-state index in [0.717, 1.165) is 38.6 Å². The molecule has 0 radical (unpaired) electrons. The zero-order valence-corrected chi connectivity index (χ0v) is 15.4. The summed E-state index contributed by atoms with van der Waals surface area (Å²) < 4.78 is 7.05. The molecule has 1 aromatic carbocycles. The Bertz CT molecular complexity index is 911. The van der Waals surface area contributed by atoms with E-state index in [9.17, 15) is 4.79 Å². The van der Waals surface area contributed by atoms with Gasteiger partial charge in [-0.2, -0.15) is 0 Å². The number of hydrogen-bond acceptors (Lipinski definition) is 4. The summed E-state index contributed by atoms with van der Waals surface area (Å²) in [4.78, 5) is 16.9. The second kappa shape index (κ2) is 6.54. The maximum absolute atomic E-state index is 12.3. The van der Waals surface area contributed by atoms with Crippen molar-refractivity contribution in [3.8, 4) is 10.8 Å². The number of fused-ring (bicyclic) bond motifs is 3. The molecule has 2 bridgehead atoms. The summed E-state index contributed by atoms with van der Waals surface area (Å²) in [5, 5.41) is 3.91. The molecule has 134 valence electrons. The van der Waals surface area contributed by atoms with Crippen molar-refractivity contribution in [3.05, 3.63) is 42.2 Å². The Morgan fingerprint density at radius 1 is 1.19 bits per heavy atom. The molecule has 0 aliphatic heterocycles. The third-order valence-electron chi connectivity index (χ3n) is 5.96. The second-order valence-electron chi connectivity index (χ2n) is 7.67. The van der Waals surface area contributed by atoms with Gasteiger partial charge in [-0.1, -0.05) is 18.6 Å². The standard InChI is InChI=1S/C21H22N2O2S/c24-20(11-15-10-13-5-6-14(15)9-13)22-12-16-7-8-18(25-16)21-23-17-3-1-2-4-19(17)26-21/h1-4,7-8,13-15H,5-6,9-12H2,(H,22,24). The maximum Gasteiger partial charge on any atom is 0.220 e. The molecule has 3 atom stereocenters. The Morgan fingerprint density at radius 3 is 2.92 bits per heavy atom. The van der Waals surface area contributed by atoms with Gasteiger partial charge in [0, 0.05) is 6.42 Å². The topological polar surface area (TPSA) is 55.1 Å². The summed E-state index contributed by atoms with van der Waals surface area (Å²) in [6, 6.07) is 12.0. The molecule has 0 spiro atoms. The number of furan rings is 1. The van der Waals surface area contributed by atoms with Crippen molar-refractivity contribution < 1.29 is 9.21 Å². The summed E-state index contributed by atoms with van der Waals surface area (Å²) in [7, 11) is 0. The van der Waals surface area contributed by atoms with Crippen LogP contribution in [0.2, 0.25) is 0 Å². The molecule has 2 aliphatic rings. The van der Waals surface area contributed by atoms with E-state index < -0.39 is 0 Å². The molecule has 0 saturated heterocycles. The van der Waals surface area contributed by atoms with Crippen LogP contribution in [0.4, 0.5) is 0 Å². The second-order valence-corrected chi connectivity index (χ2v) is 8.70. The fourth-order valence-electron chi connectivity index (χ4n) is 4.69. The van der Waals surface area contributed by atoms with Gasteiger partial charge < -0.3 is 9.73 Å². The fourth-order valence-corrected chi connectivity index (χ4v) is 5.62. The van der Waals surface area contributed by atoms with Gasteiger partial charge in [-0.05, 0) is 61.3 Å². The number of thiazole rings is 1. The smallest absolute Gasteiger partial charge is 0.220 e. The van der Waals surface area contributed by atoms with E-state index in [1.807, 2.05) is 30.3 Å². The van der Waals surface area contributed by atoms with Crippen molar-refractivity contribution in [2.24, 2.45) is 17.8 Å². The predicted octanol–water partition coefficient (Wildman–Crippen LogP) is 5.00. The van der Waals surface area contributed by atoms with Crippen molar-refractivity contribution in [1.82, 2.24) is 10.3 Å². The SMILES string of the molecule is O=C(CC1CC2CCC1C2)NCc1ccc(-c2nc3ccccc3s2)o1. The van der Waals surface area contributed by atoms with Crippen LogP contribution in [0.15, 0.2) is 40.8 Å². The first kappa shape index (κ1) is 16.1. The molecule has 3 aromatic rings. The molecule has 26 heavy (non-hydrogen) atoms. The Hall–Kier alpha value is -2.14. The van der Waals surface area contributed by atoms with Crippen LogP contribution in [0, 0.1) is 17.8 Å². The van der Waals surface area contributed by atoms with E-state index in [1.165, 1.54) is 25.7 Å². The van der Waals surface area contributed by atoms with Crippen molar-refractivity contribution in [2.75, 3.05) is 0 Å². The van der Waals surface area contributed by atoms with E-state index in [1.54, 1.807) is 11.3 Å². The molecule has 1 N–H and O–H groups in total. The lowest BCUT2D eigenvalue weighted by atomic mass is 9.86. The predicted molar refractivity (Wildman–Crippen MR) is 103 cm³/mol. The monoisotopic (exact) mass is 366 g/mol. The highest BCUT2D eigenvalue weighted by molar-refractivity contribution is 7.21. The maximum atomic E-state index is 12.3. The molecule has 4 nitrogen and oxygen atoms in total. The van der Waals surface area contributed by atoms with Gasteiger partial charge in [0.15, 0.2) is 10.8 Å². The van der Waals surface area contributed by atoms with Gasteiger partial charge in [-0.25, -0.2) is 4.98 Å². The summed E-state index contributed by atoms with van der Waals surface area (Å²) in [6.07, 6.45) is 5.98. The van der Waals surface area contributed by atoms with Gasteiger partial charge in [0.25, 0.3) is 0 Å². The number of nitrogens with zero attached hydrogens (tertiary/aromatic N) is 1. The van der Waals surface area contributed by atoms with Gasteiger partial charge in [-0.15, -0.1) is 11.3 Å². The summed E-state index contributed by atoms with van der Waals surface area (Å²) in [5.41, 5.74) is 0.990. The average molecular weight is 366 g/mol. The number of carbonyl (C=O) groups is 1. The van der Waals surface area contributed by atoms with E-state index in [4.69, 9.17) is 4.42 Å². The van der Waals surface area contributed by atoms with Crippen molar-refractivity contribution in [2.45, 2.75) is 38.6 Å². The van der Waals surface area contributed by atoms with Crippen molar-refractivity contribution in [3.63, 3.8) is 0 Å². The summed E-state index contributed by atoms with van der Waals surface area (Å²) in [5.74, 6) is 3.98. The quantitative estimate of drug-likeness (QED) is 0.691. The minimum Gasteiger partial charge on any atom is -0.457 e. The van der Waals surface area contributed by atoms with Gasteiger partial charge in [-0.3, -0.25) is 4.79 Å². The van der Waals surface area contributed by atoms with Gasteiger partial charge in [0.2, 0.25) is 5.91 Å². The first-order valence-electron chi connectivity index (χ1n) is 9.46. The third-order valence-corrected chi connectivity index (χ3v) is 7.01. The average Bonchev–Trinajstić information content (AvgIpc) is 3.41. The number of aromatic nitrogens is 1. The largest absolute Gasteiger partial charge is 0.457 e. The van der Waals surface area contributed by atoms with Crippen LogP contribution in [-0.2, 0) is 11.3 Å². The number of amides is 1. The number of nitrogens with one attached hydrogen (secondary N) is 1. The Labute approximate surface area is 156 Å². The van der Waals surface area contributed by atoms with Crippen LogP contribution in [-0.4, -0.2) is 10.9 Å². The number of hydrogen-bond donors (Lipinski definition) is 1. The molecule has 2 aliphatic carbocycles. The molecular formula is C21H22N2O2S. The minimum absolute atomic E-state index is 0.153. The van der Waals surface area contributed by atoms with E-state index in [0.29, 0.717) is 18.9 Å². The van der Waals surface area contributed by atoms with Gasteiger partial charge in [0.1, 0.15) is 5.76 Å². The zero-order valence-electron chi connectivity index (χ0n) is 14.6. The lowest BCUT2D eigenvalue weighted by Crippen LogP contribution is -2.26. The molecule has 3 unspecified atom stereocenters. The Balaban J connectivity index is 1.20. The normalized spacial score (nSPS) is 24.4. The molecule has 2 fully saturated rings. The number of carbonyl (C=O) groups excluding carboxylic acids is 1. The van der Waals surface area contributed by atoms with Gasteiger partial charge >= 0.3 is 0 Å². The summed E-state index contributed by atoms with van der Waals surface area (Å²) in [6.45, 7) is 0.449. The highest BCUT2D eigenvalue weighted by atomic mass is 32.1. The lowest BCUT2D eigenvalue weighted by molar-refractivity contribution is -0.122. The number of para-hydroxylation sites is 1. The number of benzene rings is 1. The highest BCUT2D eigenvalue weighted by Crippen LogP contribution is 2.49. The Kier molecular flexibility index (Phi) is 4.04. The first-order valence-corrected chi connectivity index (χ1v) is 10.3. The highest BCUT2D eigenvalue weighted by Gasteiger charge is 2.40. The minimum atomic E-state index is 0.153. The van der Waals surface area contributed by atoms with Crippen LogP contribution in [0.1, 0.15) is 37.9 Å². The summed E-state index contributed by atoms with van der Waals surface area (Å²) >= 11 is 1.62.